The maximum Gasteiger partial charge on any atom is 0.223 e. The molecule has 1 aromatic rings. The normalized spacial score (nSPS) is 20.9. The van der Waals surface area contributed by atoms with Gasteiger partial charge in [0.25, 0.3) is 0 Å². The zero-order valence-electron chi connectivity index (χ0n) is 14.5. The third-order valence-electron chi connectivity index (χ3n) is 5.48. The van der Waals surface area contributed by atoms with E-state index in [1.807, 2.05) is 0 Å². The molecule has 0 saturated carbocycles. The van der Waals surface area contributed by atoms with Gasteiger partial charge in [0, 0.05) is 31.1 Å². The summed E-state index contributed by atoms with van der Waals surface area (Å²) in [6, 6.07) is 8.58. The molecule has 3 rings (SSSR count). The maximum atomic E-state index is 12.5. The highest BCUT2D eigenvalue weighted by Crippen LogP contribution is 2.36. The first-order chi connectivity index (χ1) is 11.2. The summed E-state index contributed by atoms with van der Waals surface area (Å²) in [7, 11) is 0. The van der Waals surface area contributed by atoms with Crippen LogP contribution < -0.4 is 10.6 Å². The molecule has 2 heterocycles. The van der Waals surface area contributed by atoms with E-state index in [1.54, 1.807) is 0 Å². The van der Waals surface area contributed by atoms with Crippen LogP contribution in [0.25, 0.3) is 0 Å². The van der Waals surface area contributed by atoms with Crippen LogP contribution in [0.4, 0.5) is 0 Å². The quantitative estimate of drug-likeness (QED) is 0.875. The Kier molecular flexibility index (Phi) is 7.08. The number of amides is 1. The van der Waals surface area contributed by atoms with Crippen molar-refractivity contribution in [1.29, 1.82) is 0 Å². The van der Waals surface area contributed by atoms with Crippen molar-refractivity contribution in [2.75, 3.05) is 32.8 Å². The molecule has 2 aliphatic rings. The van der Waals surface area contributed by atoms with Crippen molar-refractivity contribution in [3.63, 3.8) is 0 Å². The van der Waals surface area contributed by atoms with Gasteiger partial charge in [-0.05, 0) is 56.8 Å². The van der Waals surface area contributed by atoms with Crippen LogP contribution in [0, 0.1) is 12.8 Å². The number of halogens is 1. The fourth-order valence-corrected chi connectivity index (χ4v) is 3.96. The monoisotopic (exact) mass is 352 g/mol. The van der Waals surface area contributed by atoms with Crippen LogP contribution in [-0.2, 0) is 14.9 Å². The summed E-state index contributed by atoms with van der Waals surface area (Å²) >= 11 is 0. The standard InChI is InChI=1S/C19H28N2O2.ClH/c1-15-4-2-3-5-17(15)19(8-12-23-13-9-19)14-21-18(22)16-6-10-20-11-7-16;/h2-5,16,20H,6-14H2,1H3,(H,21,22);1H. The van der Waals surface area contributed by atoms with Crippen molar-refractivity contribution in [2.45, 2.75) is 38.0 Å². The summed E-state index contributed by atoms with van der Waals surface area (Å²) in [5.41, 5.74) is 2.70. The molecule has 2 aliphatic heterocycles. The highest BCUT2D eigenvalue weighted by molar-refractivity contribution is 5.85. The molecule has 1 amide bonds. The Morgan fingerprint density at radius 1 is 1.25 bits per heavy atom. The van der Waals surface area contributed by atoms with E-state index in [1.165, 1.54) is 11.1 Å². The predicted molar refractivity (Wildman–Crippen MR) is 98.8 cm³/mol. The molecule has 0 radical (unpaired) electrons. The number of hydrogen-bond donors (Lipinski definition) is 2. The van der Waals surface area contributed by atoms with Crippen LogP contribution in [0.15, 0.2) is 24.3 Å². The van der Waals surface area contributed by atoms with E-state index in [9.17, 15) is 4.79 Å². The third kappa shape index (κ3) is 4.29. The fraction of sp³-hybridized carbons (Fsp3) is 0.632. The average Bonchev–Trinajstić information content (AvgIpc) is 2.61. The smallest absolute Gasteiger partial charge is 0.223 e. The van der Waals surface area contributed by atoms with Crippen molar-refractivity contribution >= 4 is 18.3 Å². The highest BCUT2D eigenvalue weighted by Gasteiger charge is 2.36. The van der Waals surface area contributed by atoms with Crippen LogP contribution in [0.1, 0.15) is 36.8 Å². The topological polar surface area (TPSA) is 50.4 Å². The van der Waals surface area contributed by atoms with Gasteiger partial charge in [-0.25, -0.2) is 0 Å². The van der Waals surface area contributed by atoms with E-state index >= 15 is 0 Å². The minimum Gasteiger partial charge on any atom is -0.381 e. The molecule has 1 aromatic carbocycles. The molecule has 134 valence electrons. The number of benzene rings is 1. The lowest BCUT2D eigenvalue weighted by Gasteiger charge is -2.39. The van der Waals surface area contributed by atoms with Crippen molar-refractivity contribution in [3.05, 3.63) is 35.4 Å². The summed E-state index contributed by atoms with van der Waals surface area (Å²) < 4.78 is 5.59. The van der Waals surface area contributed by atoms with Gasteiger partial charge in [-0.3, -0.25) is 4.79 Å². The number of rotatable bonds is 4. The molecule has 24 heavy (non-hydrogen) atoms. The Balaban J connectivity index is 0.00000208. The zero-order valence-corrected chi connectivity index (χ0v) is 15.3. The number of aryl methyl sites for hydroxylation is 1. The Labute approximate surface area is 151 Å². The second-order valence-electron chi connectivity index (χ2n) is 6.95. The van der Waals surface area contributed by atoms with Crippen LogP contribution >= 0.6 is 12.4 Å². The lowest BCUT2D eigenvalue weighted by molar-refractivity contribution is -0.126. The number of hydrogen-bond acceptors (Lipinski definition) is 3. The summed E-state index contributed by atoms with van der Waals surface area (Å²) in [5, 5.41) is 6.59. The van der Waals surface area contributed by atoms with Gasteiger partial charge in [0.2, 0.25) is 5.91 Å². The number of nitrogens with one attached hydrogen (secondary N) is 2. The first kappa shape index (κ1) is 19.2. The number of ether oxygens (including phenoxy) is 1. The molecule has 2 N–H and O–H groups in total. The maximum absolute atomic E-state index is 12.5. The summed E-state index contributed by atoms with van der Waals surface area (Å²) in [6.45, 7) is 6.35. The second kappa shape index (κ2) is 8.84. The largest absolute Gasteiger partial charge is 0.381 e. The summed E-state index contributed by atoms with van der Waals surface area (Å²) in [5.74, 6) is 0.399. The molecule has 2 saturated heterocycles. The molecular weight excluding hydrogens is 324 g/mol. The van der Waals surface area contributed by atoms with Crippen molar-refractivity contribution in [2.24, 2.45) is 5.92 Å². The van der Waals surface area contributed by atoms with E-state index in [-0.39, 0.29) is 29.6 Å². The fourth-order valence-electron chi connectivity index (χ4n) is 3.96. The lowest BCUT2D eigenvalue weighted by atomic mass is 9.72. The van der Waals surface area contributed by atoms with Gasteiger partial charge in [-0.1, -0.05) is 24.3 Å². The first-order valence-electron chi connectivity index (χ1n) is 8.84. The summed E-state index contributed by atoms with van der Waals surface area (Å²) in [6.07, 6.45) is 3.85. The van der Waals surface area contributed by atoms with Gasteiger partial charge in [-0.2, -0.15) is 0 Å². The first-order valence-corrected chi connectivity index (χ1v) is 8.84. The number of piperidine rings is 1. The van der Waals surface area contributed by atoms with E-state index in [0.717, 1.165) is 58.5 Å². The van der Waals surface area contributed by atoms with Gasteiger partial charge in [0.1, 0.15) is 0 Å². The second-order valence-corrected chi connectivity index (χ2v) is 6.95. The van der Waals surface area contributed by atoms with Gasteiger partial charge in [0.15, 0.2) is 0 Å². The molecule has 5 heteroatoms. The number of carbonyl (C=O) groups excluding carboxylic acids is 1. The highest BCUT2D eigenvalue weighted by atomic mass is 35.5. The van der Waals surface area contributed by atoms with Gasteiger partial charge >= 0.3 is 0 Å². The van der Waals surface area contributed by atoms with Crippen LogP contribution in [0.5, 0.6) is 0 Å². The molecule has 4 nitrogen and oxygen atoms in total. The van der Waals surface area contributed by atoms with Crippen molar-refractivity contribution in [1.82, 2.24) is 10.6 Å². The van der Waals surface area contributed by atoms with E-state index in [0.29, 0.717) is 0 Å². The Morgan fingerprint density at radius 3 is 2.58 bits per heavy atom. The third-order valence-corrected chi connectivity index (χ3v) is 5.48. The lowest BCUT2D eigenvalue weighted by Crippen LogP contribution is -2.47. The van der Waals surface area contributed by atoms with E-state index in [4.69, 9.17) is 4.74 Å². The van der Waals surface area contributed by atoms with Crippen molar-refractivity contribution < 1.29 is 9.53 Å². The molecule has 0 atom stereocenters. The van der Waals surface area contributed by atoms with Crippen LogP contribution in [0.2, 0.25) is 0 Å². The Morgan fingerprint density at radius 2 is 1.92 bits per heavy atom. The predicted octanol–water partition coefficient (Wildman–Crippen LogP) is 2.58. The average molecular weight is 353 g/mol. The minimum atomic E-state index is 0. The van der Waals surface area contributed by atoms with Crippen LogP contribution in [-0.4, -0.2) is 38.8 Å². The van der Waals surface area contributed by atoms with Crippen molar-refractivity contribution in [3.8, 4) is 0 Å². The SMILES string of the molecule is Cc1ccccc1C1(CNC(=O)C2CCNCC2)CCOCC1.Cl. The molecular formula is C19H29ClN2O2. The molecule has 0 aromatic heterocycles. The zero-order chi connectivity index (χ0) is 16.1. The van der Waals surface area contributed by atoms with Crippen LogP contribution in [0.3, 0.4) is 0 Å². The van der Waals surface area contributed by atoms with E-state index < -0.39 is 0 Å². The molecule has 2 fully saturated rings. The van der Waals surface area contributed by atoms with E-state index in [2.05, 4.69) is 41.8 Å². The number of carbonyl (C=O) groups is 1. The van der Waals surface area contributed by atoms with Gasteiger partial charge < -0.3 is 15.4 Å². The summed E-state index contributed by atoms with van der Waals surface area (Å²) in [4.78, 5) is 12.5. The Bertz CT molecular complexity index is 538. The molecule has 0 unspecified atom stereocenters. The molecule has 0 bridgehead atoms. The minimum absolute atomic E-state index is 0. The van der Waals surface area contributed by atoms with Gasteiger partial charge in [0.05, 0.1) is 0 Å². The van der Waals surface area contributed by atoms with Gasteiger partial charge in [-0.15, -0.1) is 12.4 Å². The molecule has 0 spiro atoms. The molecule has 0 aliphatic carbocycles. The Hall–Kier alpha value is -1.10.